The Morgan fingerprint density at radius 3 is 2.80 bits per heavy atom. The van der Waals surface area contributed by atoms with Crippen molar-refractivity contribution in [1.29, 1.82) is 0 Å². The van der Waals surface area contributed by atoms with Gasteiger partial charge in [0, 0.05) is 10.6 Å². The van der Waals surface area contributed by atoms with Crippen LogP contribution in [0.5, 0.6) is 0 Å². The highest BCUT2D eigenvalue weighted by Gasteiger charge is 2.09. The molecular formula is C11H6ClFO2. The molecule has 0 radical (unpaired) electrons. The van der Waals surface area contributed by atoms with E-state index >= 15 is 0 Å². The number of furan rings is 1. The fourth-order valence-corrected chi connectivity index (χ4v) is 1.58. The van der Waals surface area contributed by atoms with E-state index in [1.54, 1.807) is 12.1 Å². The molecule has 0 N–H and O–H groups in total. The van der Waals surface area contributed by atoms with E-state index in [1.807, 2.05) is 0 Å². The van der Waals surface area contributed by atoms with Gasteiger partial charge in [-0.25, -0.2) is 4.39 Å². The molecule has 0 aliphatic rings. The van der Waals surface area contributed by atoms with Crippen molar-refractivity contribution in [2.24, 2.45) is 0 Å². The zero-order chi connectivity index (χ0) is 10.8. The molecule has 0 spiro atoms. The molecule has 0 bridgehead atoms. The van der Waals surface area contributed by atoms with Crippen LogP contribution in [0.15, 0.2) is 34.9 Å². The van der Waals surface area contributed by atoms with Crippen LogP contribution in [0.2, 0.25) is 5.02 Å². The molecule has 0 amide bonds. The Morgan fingerprint density at radius 2 is 2.13 bits per heavy atom. The molecule has 15 heavy (non-hydrogen) atoms. The van der Waals surface area contributed by atoms with Gasteiger partial charge in [0.25, 0.3) is 0 Å². The first-order valence-corrected chi connectivity index (χ1v) is 4.57. The molecule has 4 heteroatoms. The largest absolute Gasteiger partial charge is 0.461 e. The molecule has 1 aromatic heterocycles. The minimum absolute atomic E-state index is 0.164. The molecule has 2 rings (SSSR count). The van der Waals surface area contributed by atoms with Crippen LogP contribution in [-0.2, 0) is 0 Å². The highest BCUT2D eigenvalue weighted by atomic mass is 35.5. The first-order chi connectivity index (χ1) is 7.20. The number of benzene rings is 1. The summed E-state index contributed by atoms with van der Waals surface area (Å²) in [4.78, 5) is 10.6. The number of halogens is 2. The van der Waals surface area contributed by atoms with Crippen molar-refractivity contribution in [2.75, 3.05) is 0 Å². The fraction of sp³-hybridized carbons (Fsp3) is 0. The van der Waals surface area contributed by atoms with Crippen LogP contribution in [0.4, 0.5) is 4.39 Å². The average Bonchev–Trinajstić information content (AvgIpc) is 2.63. The van der Waals surface area contributed by atoms with Crippen molar-refractivity contribution >= 4 is 17.9 Å². The number of aldehydes is 1. The lowest BCUT2D eigenvalue weighted by atomic mass is 10.1. The van der Waals surface area contributed by atoms with E-state index < -0.39 is 5.82 Å². The zero-order valence-corrected chi connectivity index (χ0v) is 8.29. The van der Waals surface area contributed by atoms with E-state index in [0.717, 1.165) is 0 Å². The minimum Gasteiger partial charge on any atom is -0.461 e. The maximum absolute atomic E-state index is 13.1. The normalized spacial score (nSPS) is 10.3. The number of rotatable bonds is 2. The van der Waals surface area contributed by atoms with Crippen LogP contribution in [0, 0.1) is 5.82 Å². The Morgan fingerprint density at radius 1 is 1.33 bits per heavy atom. The van der Waals surface area contributed by atoms with Gasteiger partial charge in [-0.2, -0.15) is 0 Å². The molecule has 0 saturated heterocycles. The number of carbonyl (C=O) groups is 1. The summed E-state index contributed by atoms with van der Waals surface area (Å²) in [7, 11) is 0. The second-order valence-electron chi connectivity index (χ2n) is 2.97. The lowest BCUT2D eigenvalue weighted by molar-refractivity contribution is 0.110. The van der Waals surface area contributed by atoms with Crippen LogP contribution >= 0.6 is 11.6 Å². The molecule has 1 aromatic carbocycles. The van der Waals surface area contributed by atoms with Gasteiger partial charge in [-0.1, -0.05) is 11.6 Å². The Kier molecular flexibility index (Phi) is 2.56. The maximum Gasteiger partial charge on any atom is 0.185 e. The fourth-order valence-electron chi connectivity index (χ4n) is 1.36. The molecule has 0 aliphatic heterocycles. The first kappa shape index (κ1) is 9.93. The third-order valence-electron chi connectivity index (χ3n) is 1.98. The third-order valence-corrected chi connectivity index (χ3v) is 2.19. The van der Waals surface area contributed by atoms with Gasteiger partial charge in [-0.3, -0.25) is 4.79 Å². The molecule has 2 aromatic rings. The summed E-state index contributed by atoms with van der Waals surface area (Å²) in [5.41, 5.74) is 1.06. The van der Waals surface area contributed by atoms with Crippen molar-refractivity contribution in [3.05, 3.63) is 47.1 Å². The molecule has 1 heterocycles. The highest BCUT2D eigenvalue weighted by molar-refractivity contribution is 6.30. The second-order valence-corrected chi connectivity index (χ2v) is 3.41. The van der Waals surface area contributed by atoms with Crippen LogP contribution in [0.1, 0.15) is 10.6 Å². The van der Waals surface area contributed by atoms with Crippen molar-refractivity contribution in [2.45, 2.75) is 0 Å². The average molecular weight is 225 g/mol. The molecular weight excluding hydrogens is 219 g/mol. The second kappa shape index (κ2) is 3.87. The maximum atomic E-state index is 13.1. The molecule has 0 unspecified atom stereocenters. The Balaban J connectivity index is 2.58. The number of hydrogen-bond acceptors (Lipinski definition) is 2. The minimum atomic E-state index is -0.449. The van der Waals surface area contributed by atoms with Crippen molar-refractivity contribution in [1.82, 2.24) is 0 Å². The van der Waals surface area contributed by atoms with E-state index in [9.17, 15) is 9.18 Å². The summed E-state index contributed by atoms with van der Waals surface area (Å²) in [6.07, 6.45) is 1.95. The van der Waals surface area contributed by atoms with Gasteiger partial charge in [-0.15, -0.1) is 0 Å². The standard InChI is InChI=1S/C11H6ClFO2/c12-8-3-7(4-9(13)5-8)10-1-2-15-11(10)6-14/h1-6H. The van der Waals surface area contributed by atoms with Gasteiger partial charge in [0.2, 0.25) is 0 Å². The predicted molar refractivity (Wildman–Crippen MR) is 54.5 cm³/mol. The van der Waals surface area contributed by atoms with Crippen LogP contribution in [0.25, 0.3) is 11.1 Å². The summed E-state index contributed by atoms with van der Waals surface area (Å²) in [6, 6.07) is 5.66. The molecule has 0 saturated carbocycles. The zero-order valence-electron chi connectivity index (χ0n) is 7.54. The number of hydrogen-bond donors (Lipinski definition) is 0. The number of carbonyl (C=O) groups excluding carboxylic acids is 1. The van der Waals surface area contributed by atoms with E-state index in [1.165, 1.54) is 18.4 Å². The lowest BCUT2D eigenvalue weighted by Gasteiger charge is -2.00. The van der Waals surface area contributed by atoms with E-state index in [2.05, 4.69) is 0 Å². The van der Waals surface area contributed by atoms with Gasteiger partial charge >= 0.3 is 0 Å². The van der Waals surface area contributed by atoms with E-state index in [-0.39, 0.29) is 10.8 Å². The van der Waals surface area contributed by atoms with Gasteiger partial charge in [0.15, 0.2) is 12.0 Å². The van der Waals surface area contributed by atoms with Gasteiger partial charge in [0.05, 0.1) is 6.26 Å². The quantitative estimate of drug-likeness (QED) is 0.731. The summed E-state index contributed by atoms with van der Waals surface area (Å²) < 4.78 is 18.0. The Bertz CT molecular complexity index is 485. The topological polar surface area (TPSA) is 30.2 Å². The van der Waals surface area contributed by atoms with Crippen LogP contribution in [0.3, 0.4) is 0 Å². The summed E-state index contributed by atoms with van der Waals surface area (Å²) in [5.74, 6) is -0.285. The molecule has 2 nitrogen and oxygen atoms in total. The summed E-state index contributed by atoms with van der Waals surface area (Å²) in [5, 5.41) is 0.281. The first-order valence-electron chi connectivity index (χ1n) is 4.20. The van der Waals surface area contributed by atoms with Crippen molar-refractivity contribution in [3.63, 3.8) is 0 Å². The van der Waals surface area contributed by atoms with Crippen LogP contribution in [-0.4, -0.2) is 6.29 Å². The monoisotopic (exact) mass is 224 g/mol. The molecule has 76 valence electrons. The lowest BCUT2D eigenvalue weighted by Crippen LogP contribution is -1.83. The van der Waals surface area contributed by atoms with Gasteiger partial charge < -0.3 is 4.42 Å². The van der Waals surface area contributed by atoms with Crippen molar-refractivity contribution in [3.8, 4) is 11.1 Å². The van der Waals surface area contributed by atoms with Crippen LogP contribution < -0.4 is 0 Å². The smallest absolute Gasteiger partial charge is 0.185 e. The van der Waals surface area contributed by atoms with E-state index in [4.69, 9.17) is 16.0 Å². The summed E-state index contributed by atoms with van der Waals surface area (Å²) >= 11 is 5.70. The Hall–Kier alpha value is -1.61. The Labute approximate surface area is 90.3 Å². The molecule has 0 aliphatic carbocycles. The van der Waals surface area contributed by atoms with E-state index in [0.29, 0.717) is 17.4 Å². The highest BCUT2D eigenvalue weighted by Crippen LogP contribution is 2.27. The summed E-state index contributed by atoms with van der Waals surface area (Å²) in [6.45, 7) is 0. The SMILES string of the molecule is O=Cc1occc1-c1cc(F)cc(Cl)c1. The molecule has 0 fully saturated rings. The third kappa shape index (κ3) is 1.92. The van der Waals surface area contributed by atoms with Gasteiger partial charge in [-0.05, 0) is 29.8 Å². The van der Waals surface area contributed by atoms with Gasteiger partial charge in [0.1, 0.15) is 5.82 Å². The predicted octanol–water partition coefficient (Wildman–Crippen LogP) is 3.55. The van der Waals surface area contributed by atoms with Crippen molar-refractivity contribution < 1.29 is 13.6 Å². The molecule has 0 atom stereocenters.